The number of aromatic nitrogens is 1. The molecule has 102 valence electrons. The Balaban J connectivity index is 1.81. The molecule has 0 aliphatic heterocycles. The third kappa shape index (κ3) is 2.80. The minimum absolute atomic E-state index is 0.140. The second-order valence-corrected chi connectivity index (χ2v) is 4.91. The summed E-state index contributed by atoms with van der Waals surface area (Å²) in [4.78, 5) is 18.2. The Morgan fingerprint density at radius 3 is 2.25 bits per heavy atom. The summed E-state index contributed by atoms with van der Waals surface area (Å²) in [5.41, 5.74) is 2.08. The Labute approximate surface area is 119 Å². The topological polar surface area (TPSA) is 59.5 Å². The van der Waals surface area contributed by atoms with Crippen LogP contribution < -0.4 is 0 Å². The number of hydrogen-bond donors (Lipinski definition) is 0. The first kappa shape index (κ1) is 12.7. The highest BCUT2D eigenvalue weighted by atomic mass is 32.1. The molecular formula is C14H12N2O3S. The van der Waals surface area contributed by atoms with Gasteiger partial charge in [-0.3, -0.25) is 4.79 Å². The van der Waals surface area contributed by atoms with Crippen molar-refractivity contribution in [1.29, 1.82) is 0 Å². The summed E-state index contributed by atoms with van der Waals surface area (Å²) in [6.45, 7) is 0.758. The normalized spacial score (nSPS) is 10.6. The lowest BCUT2D eigenvalue weighted by molar-refractivity contribution is 0.0699. The second kappa shape index (κ2) is 5.75. The van der Waals surface area contributed by atoms with Crippen LogP contribution >= 0.6 is 11.3 Å². The fourth-order valence-electron chi connectivity index (χ4n) is 1.86. The van der Waals surface area contributed by atoms with Crippen LogP contribution in [0.3, 0.4) is 0 Å². The minimum atomic E-state index is -0.140. The fourth-order valence-corrected chi connectivity index (χ4v) is 2.39. The number of amides is 1. The molecule has 0 spiro atoms. The van der Waals surface area contributed by atoms with Crippen molar-refractivity contribution in [3.8, 4) is 0 Å². The largest absolute Gasteiger partial charge is 0.467 e. The molecule has 0 bridgehead atoms. The van der Waals surface area contributed by atoms with Crippen LogP contribution in [-0.2, 0) is 13.1 Å². The van der Waals surface area contributed by atoms with E-state index in [0.717, 1.165) is 11.5 Å². The summed E-state index contributed by atoms with van der Waals surface area (Å²) in [6, 6.07) is 7.27. The average molecular weight is 288 g/mol. The predicted molar refractivity (Wildman–Crippen MR) is 73.1 cm³/mol. The minimum Gasteiger partial charge on any atom is -0.467 e. The molecule has 0 aliphatic rings. The fraction of sp³-hybridized carbons (Fsp3) is 0.143. The smallest absolute Gasteiger partial charge is 0.274 e. The molecular weight excluding hydrogens is 276 g/mol. The van der Waals surface area contributed by atoms with E-state index in [0.29, 0.717) is 18.8 Å². The van der Waals surface area contributed by atoms with Crippen LogP contribution in [0.5, 0.6) is 0 Å². The van der Waals surface area contributed by atoms with E-state index >= 15 is 0 Å². The van der Waals surface area contributed by atoms with E-state index in [1.54, 1.807) is 40.4 Å². The molecule has 0 saturated carbocycles. The van der Waals surface area contributed by atoms with E-state index in [9.17, 15) is 4.79 Å². The van der Waals surface area contributed by atoms with Gasteiger partial charge in [0.25, 0.3) is 5.91 Å². The lowest BCUT2D eigenvalue weighted by Gasteiger charge is -2.19. The Morgan fingerprint density at radius 1 is 1.15 bits per heavy atom. The van der Waals surface area contributed by atoms with Gasteiger partial charge in [-0.1, -0.05) is 0 Å². The van der Waals surface area contributed by atoms with E-state index in [4.69, 9.17) is 8.83 Å². The molecule has 3 rings (SSSR count). The first-order valence-corrected chi connectivity index (χ1v) is 6.99. The molecule has 6 heteroatoms. The van der Waals surface area contributed by atoms with Gasteiger partial charge in [-0.25, -0.2) is 4.98 Å². The van der Waals surface area contributed by atoms with E-state index < -0.39 is 0 Å². The molecule has 0 aromatic carbocycles. The van der Waals surface area contributed by atoms with Crippen LogP contribution in [0.1, 0.15) is 22.0 Å². The number of carbonyl (C=O) groups excluding carboxylic acids is 1. The van der Waals surface area contributed by atoms with Crippen molar-refractivity contribution < 1.29 is 13.6 Å². The van der Waals surface area contributed by atoms with Crippen LogP contribution in [0.25, 0.3) is 0 Å². The second-order valence-electron chi connectivity index (χ2n) is 4.19. The van der Waals surface area contributed by atoms with Crippen molar-refractivity contribution in [2.24, 2.45) is 0 Å². The highest BCUT2D eigenvalue weighted by Crippen LogP contribution is 2.15. The number of nitrogens with zero attached hydrogens (tertiary/aromatic N) is 2. The Hall–Kier alpha value is -2.34. The maximum atomic E-state index is 12.4. The van der Waals surface area contributed by atoms with Crippen LogP contribution in [0.15, 0.2) is 56.5 Å². The first-order valence-electron chi connectivity index (χ1n) is 6.05. The summed E-state index contributed by atoms with van der Waals surface area (Å²) >= 11 is 1.40. The molecule has 0 fully saturated rings. The van der Waals surface area contributed by atoms with Crippen molar-refractivity contribution in [1.82, 2.24) is 9.88 Å². The van der Waals surface area contributed by atoms with E-state index in [1.165, 1.54) is 11.3 Å². The zero-order chi connectivity index (χ0) is 13.8. The van der Waals surface area contributed by atoms with Gasteiger partial charge in [0.1, 0.15) is 17.2 Å². The van der Waals surface area contributed by atoms with Gasteiger partial charge >= 0.3 is 0 Å². The zero-order valence-electron chi connectivity index (χ0n) is 10.6. The van der Waals surface area contributed by atoms with Gasteiger partial charge in [-0.15, -0.1) is 11.3 Å². The van der Waals surface area contributed by atoms with E-state index in [-0.39, 0.29) is 5.91 Å². The molecule has 20 heavy (non-hydrogen) atoms. The summed E-state index contributed by atoms with van der Waals surface area (Å²) in [5.74, 6) is 1.30. The standard InChI is InChI=1S/C14H12N2O3S/c17-14(13-9-20-10-15-13)16(7-11-3-1-5-18-11)8-12-4-2-6-19-12/h1-6,9-10H,7-8H2. The molecule has 0 atom stereocenters. The van der Waals surface area contributed by atoms with Crippen LogP contribution in [0.2, 0.25) is 0 Å². The Bertz CT molecular complexity index is 608. The van der Waals surface area contributed by atoms with Gasteiger partial charge in [0.2, 0.25) is 0 Å². The molecule has 0 N–H and O–H groups in total. The number of furan rings is 2. The van der Waals surface area contributed by atoms with Crippen molar-refractivity contribution >= 4 is 17.2 Å². The maximum absolute atomic E-state index is 12.4. The molecule has 3 aromatic rings. The third-order valence-electron chi connectivity index (χ3n) is 2.79. The molecule has 0 radical (unpaired) electrons. The van der Waals surface area contributed by atoms with Gasteiger partial charge in [-0.05, 0) is 24.3 Å². The molecule has 5 nitrogen and oxygen atoms in total. The van der Waals surface area contributed by atoms with Gasteiger partial charge < -0.3 is 13.7 Å². The average Bonchev–Trinajstić information content (AvgIpc) is 3.20. The molecule has 3 heterocycles. The van der Waals surface area contributed by atoms with Gasteiger partial charge in [0.05, 0.1) is 31.1 Å². The van der Waals surface area contributed by atoms with Gasteiger partial charge in [-0.2, -0.15) is 0 Å². The van der Waals surface area contributed by atoms with Crippen molar-refractivity contribution in [3.63, 3.8) is 0 Å². The number of rotatable bonds is 5. The highest BCUT2D eigenvalue weighted by Gasteiger charge is 2.20. The molecule has 0 unspecified atom stereocenters. The first-order chi connectivity index (χ1) is 9.83. The lowest BCUT2D eigenvalue weighted by Crippen LogP contribution is -2.30. The van der Waals surface area contributed by atoms with Gasteiger partial charge in [0.15, 0.2) is 0 Å². The predicted octanol–water partition coefficient (Wildman–Crippen LogP) is 3.17. The van der Waals surface area contributed by atoms with E-state index in [2.05, 4.69) is 4.98 Å². The SMILES string of the molecule is O=C(c1cscn1)N(Cc1ccco1)Cc1ccco1. The molecule has 0 saturated heterocycles. The summed E-state index contributed by atoms with van der Waals surface area (Å²) in [6.07, 6.45) is 3.18. The van der Waals surface area contributed by atoms with Crippen LogP contribution in [0.4, 0.5) is 0 Å². The summed E-state index contributed by atoms with van der Waals surface area (Å²) < 4.78 is 10.6. The Kier molecular flexibility index (Phi) is 3.64. The van der Waals surface area contributed by atoms with Crippen LogP contribution in [-0.4, -0.2) is 15.8 Å². The monoisotopic (exact) mass is 288 g/mol. The third-order valence-corrected chi connectivity index (χ3v) is 3.38. The number of thiazole rings is 1. The van der Waals surface area contributed by atoms with Crippen LogP contribution in [0, 0.1) is 0 Å². The maximum Gasteiger partial charge on any atom is 0.274 e. The lowest BCUT2D eigenvalue weighted by atomic mass is 10.3. The van der Waals surface area contributed by atoms with Crippen molar-refractivity contribution in [2.45, 2.75) is 13.1 Å². The summed E-state index contributed by atoms with van der Waals surface area (Å²) in [7, 11) is 0. The Morgan fingerprint density at radius 2 is 1.80 bits per heavy atom. The highest BCUT2D eigenvalue weighted by molar-refractivity contribution is 7.07. The quantitative estimate of drug-likeness (QED) is 0.723. The van der Waals surface area contributed by atoms with Gasteiger partial charge in [0, 0.05) is 5.38 Å². The molecule has 1 amide bonds. The molecule has 3 aromatic heterocycles. The van der Waals surface area contributed by atoms with E-state index in [1.807, 2.05) is 12.1 Å². The summed E-state index contributed by atoms with van der Waals surface area (Å²) in [5, 5.41) is 1.74. The number of carbonyl (C=O) groups is 1. The van der Waals surface area contributed by atoms with Crippen molar-refractivity contribution in [2.75, 3.05) is 0 Å². The zero-order valence-corrected chi connectivity index (χ0v) is 11.4. The number of hydrogen-bond acceptors (Lipinski definition) is 5. The molecule has 0 aliphatic carbocycles. The van der Waals surface area contributed by atoms with Crippen molar-refractivity contribution in [3.05, 3.63) is 64.9 Å².